The third kappa shape index (κ3) is 3.63. The number of thiazole rings is 1. The van der Waals surface area contributed by atoms with Crippen molar-refractivity contribution >= 4 is 44.0 Å². The molecule has 5 aromatic rings. The molecular formula is C22H19FN6O2S. The summed E-state index contributed by atoms with van der Waals surface area (Å²) in [7, 11) is 1.84. The van der Waals surface area contributed by atoms with Crippen LogP contribution >= 0.6 is 11.3 Å². The van der Waals surface area contributed by atoms with Crippen LogP contribution in [0.3, 0.4) is 0 Å². The molecule has 0 aliphatic rings. The van der Waals surface area contributed by atoms with Gasteiger partial charge in [0.1, 0.15) is 24.0 Å². The summed E-state index contributed by atoms with van der Waals surface area (Å²) in [5.74, 6) is 0.482. The summed E-state index contributed by atoms with van der Waals surface area (Å²) < 4.78 is 23.2. The highest BCUT2D eigenvalue weighted by molar-refractivity contribution is 7.16. The lowest BCUT2D eigenvalue weighted by Gasteiger charge is -2.17. The van der Waals surface area contributed by atoms with E-state index in [-0.39, 0.29) is 12.3 Å². The number of hydrogen-bond acceptors (Lipinski definition) is 8. The first-order chi connectivity index (χ1) is 15.5. The Morgan fingerprint density at radius 3 is 2.84 bits per heavy atom. The lowest BCUT2D eigenvalue weighted by molar-refractivity contribution is 0.131. The van der Waals surface area contributed by atoms with Crippen molar-refractivity contribution in [2.75, 3.05) is 11.9 Å². The van der Waals surface area contributed by atoms with Gasteiger partial charge in [-0.25, -0.2) is 19.3 Å². The van der Waals surface area contributed by atoms with Gasteiger partial charge in [0.2, 0.25) is 0 Å². The van der Waals surface area contributed by atoms with Crippen LogP contribution in [0.5, 0.6) is 5.75 Å². The molecule has 0 saturated heterocycles. The van der Waals surface area contributed by atoms with Crippen molar-refractivity contribution in [3.05, 3.63) is 54.3 Å². The number of aromatic nitrogens is 5. The van der Waals surface area contributed by atoms with Gasteiger partial charge in [0, 0.05) is 18.8 Å². The molecule has 0 bridgehead atoms. The number of fused-ring (bicyclic) bond motifs is 2. The van der Waals surface area contributed by atoms with E-state index in [0.29, 0.717) is 32.7 Å². The smallest absolute Gasteiger partial charge is 0.166 e. The molecule has 0 fully saturated rings. The fraction of sp³-hybridized carbons (Fsp3) is 0.182. The van der Waals surface area contributed by atoms with Gasteiger partial charge in [-0.15, -0.1) is 11.3 Å². The molecule has 3 aromatic heterocycles. The number of aryl methyl sites for hydroxylation is 1. The van der Waals surface area contributed by atoms with Gasteiger partial charge in [-0.1, -0.05) is 0 Å². The molecule has 0 unspecified atom stereocenters. The second-order valence-electron chi connectivity index (χ2n) is 7.36. The fourth-order valence-corrected chi connectivity index (χ4v) is 4.18. The number of aliphatic hydroxyl groups excluding tert-OH is 1. The molecular weight excluding hydrogens is 431 g/mol. The van der Waals surface area contributed by atoms with Gasteiger partial charge >= 0.3 is 0 Å². The van der Waals surface area contributed by atoms with Crippen LogP contribution < -0.4 is 10.1 Å². The zero-order valence-electron chi connectivity index (χ0n) is 17.3. The minimum Gasteiger partial charge on any atom is -0.487 e. The van der Waals surface area contributed by atoms with Crippen molar-refractivity contribution in [2.45, 2.75) is 13.0 Å². The summed E-state index contributed by atoms with van der Waals surface area (Å²) in [5, 5.41) is 17.4. The number of halogens is 1. The average molecular weight is 450 g/mol. The summed E-state index contributed by atoms with van der Waals surface area (Å²) in [4.78, 5) is 12.9. The number of rotatable bonds is 6. The third-order valence-corrected chi connectivity index (χ3v) is 5.85. The van der Waals surface area contributed by atoms with E-state index in [4.69, 9.17) is 4.74 Å². The van der Waals surface area contributed by atoms with E-state index < -0.39 is 11.9 Å². The van der Waals surface area contributed by atoms with Gasteiger partial charge < -0.3 is 15.2 Å². The summed E-state index contributed by atoms with van der Waals surface area (Å²) in [6, 6.07) is 7.14. The number of anilines is 2. The van der Waals surface area contributed by atoms with Gasteiger partial charge in [-0.3, -0.25) is 4.68 Å². The molecule has 0 aliphatic carbocycles. The zero-order chi connectivity index (χ0) is 22.2. The number of nitrogens with zero attached hydrogens (tertiary/aromatic N) is 5. The van der Waals surface area contributed by atoms with Crippen LogP contribution in [-0.2, 0) is 7.05 Å². The van der Waals surface area contributed by atoms with Gasteiger partial charge in [0.25, 0.3) is 0 Å². The monoisotopic (exact) mass is 450 g/mol. The molecule has 5 rings (SSSR count). The van der Waals surface area contributed by atoms with Gasteiger partial charge in [-0.05, 0) is 36.8 Å². The summed E-state index contributed by atoms with van der Waals surface area (Å²) >= 11 is 1.24. The SMILES string of the molecule is C[C@@H](CO)Oc1cc(-c2cnn(C)c2)cc2ncnc(Nc3ccc4ncsc4c3F)c12. The molecule has 0 radical (unpaired) electrons. The molecule has 2 N–H and O–H groups in total. The third-order valence-electron chi connectivity index (χ3n) is 5.02. The van der Waals surface area contributed by atoms with E-state index in [9.17, 15) is 5.11 Å². The second kappa shape index (κ2) is 8.13. The number of benzene rings is 2. The Morgan fingerprint density at radius 1 is 1.19 bits per heavy atom. The summed E-state index contributed by atoms with van der Waals surface area (Å²) in [6.45, 7) is 1.60. The summed E-state index contributed by atoms with van der Waals surface area (Å²) in [5.41, 5.74) is 4.85. The Balaban J connectivity index is 1.66. The predicted octanol–water partition coefficient (Wildman–Crippen LogP) is 4.28. The number of aliphatic hydroxyl groups is 1. The molecule has 162 valence electrons. The van der Waals surface area contributed by atoms with Crippen LogP contribution in [-0.4, -0.2) is 42.5 Å². The number of ether oxygens (including phenoxy) is 1. The Hall–Kier alpha value is -3.63. The molecule has 3 heterocycles. The Bertz CT molecular complexity index is 1430. The molecule has 32 heavy (non-hydrogen) atoms. The second-order valence-corrected chi connectivity index (χ2v) is 8.21. The number of nitrogens with one attached hydrogen (secondary N) is 1. The summed E-state index contributed by atoms with van der Waals surface area (Å²) in [6.07, 6.45) is 4.60. The van der Waals surface area contributed by atoms with Gasteiger partial charge in [0.05, 0.1) is 45.1 Å². The maximum atomic E-state index is 15.0. The lowest BCUT2D eigenvalue weighted by Crippen LogP contribution is -2.16. The van der Waals surface area contributed by atoms with Crippen LogP contribution in [0, 0.1) is 5.82 Å². The van der Waals surface area contributed by atoms with E-state index in [1.165, 1.54) is 17.7 Å². The van der Waals surface area contributed by atoms with Gasteiger partial charge in [-0.2, -0.15) is 5.10 Å². The number of hydrogen-bond donors (Lipinski definition) is 2. The van der Waals surface area contributed by atoms with Crippen molar-refractivity contribution in [1.29, 1.82) is 0 Å². The largest absolute Gasteiger partial charge is 0.487 e. The van der Waals surface area contributed by atoms with E-state index in [2.05, 4.69) is 25.4 Å². The zero-order valence-corrected chi connectivity index (χ0v) is 18.1. The van der Waals surface area contributed by atoms with Crippen LogP contribution in [0.2, 0.25) is 0 Å². The molecule has 2 aromatic carbocycles. The Kier molecular flexibility index (Phi) is 5.16. The van der Waals surface area contributed by atoms with Crippen molar-refractivity contribution in [2.24, 2.45) is 7.05 Å². The Labute approximate surface area is 186 Å². The highest BCUT2D eigenvalue weighted by Crippen LogP contribution is 2.37. The normalized spacial score (nSPS) is 12.4. The van der Waals surface area contributed by atoms with Crippen LogP contribution in [0.25, 0.3) is 32.2 Å². The molecule has 0 saturated carbocycles. The highest BCUT2D eigenvalue weighted by atomic mass is 32.1. The van der Waals surface area contributed by atoms with Crippen molar-refractivity contribution < 1.29 is 14.2 Å². The standard InChI is InChI=1S/C22H19FN6O2S/c1-12(9-30)31-18-6-13(14-7-27-29(2)8-14)5-17-19(18)22(25-10-24-17)28-15-3-4-16-21(20(15)23)32-11-26-16/h3-8,10-12,30H,9H2,1-2H3,(H,24,25,28)/t12-/m0/s1. The molecule has 0 amide bonds. The molecule has 0 spiro atoms. The van der Waals surface area contributed by atoms with Crippen LogP contribution in [0.15, 0.2) is 48.5 Å². The van der Waals surface area contributed by atoms with Crippen LogP contribution in [0.4, 0.5) is 15.9 Å². The first-order valence-electron chi connectivity index (χ1n) is 9.87. The quantitative estimate of drug-likeness (QED) is 0.398. The molecule has 8 nitrogen and oxygen atoms in total. The van der Waals surface area contributed by atoms with Crippen molar-refractivity contribution in [1.82, 2.24) is 24.7 Å². The van der Waals surface area contributed by atoms with Crippen molar-refractivity contribution in [3.63, 3.8) is 0 Å². The molecule has 10 heteroatoms. The van der Waals surface area contributed by atoms with Gasteiger partial charge in [0.15, 0.2) is 5.82 Å². The van der Waals surface area contributed by atoms with Crippen LogP contribution in [0.1, 0.15) is 6.92 Å². The maximum Gasteiger partial charge on any atom is 0.166 e. The average Bonchev–Trinajstić information content (AvgIpc) is 3.45. The molecule has 1 atom stereocenters. The van der Waals surface area contributed by atoms with E-state index in [1.54, 1.807) is 35.4 Å². The minimum absolute atomic E-state index is 0.161. The van der Waals surface area contributed by atoms with E-state index >= 15 is 4.39 Å². The lowest BCUT2D eigenvalue weighted by atomic mass is 10.1. The first kappa shape index (κ1) is 20.3. The topological polar surface area (TPSA) is 98.0 Å². The Morgan fingerprint density at radius 2 is 2.06 bits per heavy atom. The predicted molar refractivity (Wildman–Crippen MR) is 122 cm³/mol. The first-order valence-corrected chi connectivity index (χ1v) is 10.8. The van der Waals surface area contributed by atoms with E-state index in [0.717, 1.165) is 11.1 Å². The fourth-order valence-electron chi connectivity index (χ4n) is 3.45. The van der Waals surface area contributed by atoms with E-state index in [1.807, 2.05) is 25.4 Å². The minimum atomic E-state index is -0.458. The highest BCUT2D eigenvalue weighted by Gasteiger charge is 2.18. The van der Waals surface area contributed by atoms with Crippen molar-refractivity contribution in [3.8, 4) is 16.9 Å². The maximum absolute atomic E-state index is 15.0. The molecule has 0 aliphatic heterocycles.